The summed E-state index contributed by atoms with van der Waals surface area (Å²) in [5.74, 6) is -0.235. The standard InChI is InChI=1S/C16H19N3O2S/c1-11(9-17)19-15(20)13-6-4-12(5-7-13)10-18-16(21)14-3-2-8-22-14/h2-8,11H,9-10,17H2,1H3,(H,18,21)(H,19,20)/t11-/m0/s1. The van der Waals surface area contributed by atoms with E-state index in [9.17, 15) is 9.59 Å². The van der Waals surface area contributed by atoms with Crippen LogP contribution in [-0.4, -0.2) is 24.4 Å². The predicted octanol–water partition coefficient (Wildman–Crippen LogP) is 1.76. The van der Waals surface area contributed by atoms with Crippen molar-refractivity contribution in [1.29, 1.82) is 0 Å². The molecule has 0 saturated carbocycles. The fourth-order valence-corrected chi connectivity index (χ4v) is 2.46. The molecule has 0 aliphatic heterocycles. The summed E-state index contributed by atoms with van der Waals surface area (Å²) in [6.45, 7) is 2.68. The van der Waals surface area contributed by atoms with Crippen LogP contribution in [-0.2, 0) is 6.54 Å². The van der Waals surface area contributed by atoms with Gasteiger partial charge < -0.3 is 16.4 Å². The zero-order valence-corrected chi connectivity index (χ0v) is 13.2. The molecule has 0 aliphatic carbocycles. The Labute approximate surface area is 133 Å². The Kier molecular flexibility index (Phi) is 5.68. The Hall–Kier alpha value is -2.18. The van der Waals surface area contributed by atoms with Crippen LogP contribution in [0.25, 0.3) is 0 Å². The fraction of sp³-hybridized carbons (Fsp3) is 0.250. The topological polar surface area (TPSA) is 84.2 Å². The summed E-state index contributed by atoms with van der Waals surface area (Å²) in [7, 11) is 0. The van der Waals surface area contributed by atoms with Gasteiger partial charge in [0.1, 0.15) is 0 Å². The number of carbonyl (C=O) groups excluding carboxylic acids is 2. The number of amides is 2. The molecule has 5 nitrogen and oxygen atoms in total. The van der Waals surface area contributed by atoms with Gasteiger partial charge in [-0.2, -0.15) is 0 Å². The summed E-state index contributed by atoms with van der Waals surface area (Å²) in [5.41, 5.74) is 6.99. The highest BCUT2D eigenvalue weighted by Crippen LogP contribution is 2.09. The van der Waals surface area contributed by atoms with Crippen LogP contribution in [0, 0.1) is 0 Å². The molecule has 2 amide bonds. The van der Waals surface area contributed by atoms with Gasteiger partial charge in [0.05, 0.1) is 4.88 Å². The number of benzene rings is 1. The van der Waals surface area contributed by atoms with Crippen molar-refractivity contribution >= 4 is 23.2 Å². The zero-order chi connectivity index (χ0) is 15.9. The van der Waals surface area contributed by atoms with Gasteiger partial charge in [0.25, 0.3) is 11.8 Å². The molecule has 2 rings (SSSR count). The van der Waals surface area contributed by atoms with E-state index in [-0.39, 0.29) is 17.9 Å². The van der Waals surface area contributed by atoms with Gasteiger partial charge in [0, 0.05) is 24.7 Å². The van der Waals surface area contributed by atoms with Crippen LogP contribution in [0.1, 0.15) is 32.5 Å². The Morgan fingerprint density at radius 2 is 1.91 bits per heavy atom. The molecular weight excluding hydrogens is 298 g/mol. The van der Waals surface area contributed by atoms with E-state index >= 15 is 0 Å². The SMILES string of the molecule is C[C@@H](CN)NC(=O)c1ccc(CNC(=O)c2cccs2)cc1. The maximum atomic E-state index is 11.9. The lowest BCUT2D eigenvalue weighted by Gasteiger charge is -2.11. The van der Waals surface area contributed by atoms with Crippen molar-refractivity contribution in [1.82, 2.24) is 10.6 Å². The summed E-state index contributed by atoms with van der Waals surface area (Å²) >= 11 is 1.41. The molecule has 0 bridgehead atoms. The monoisotopic (exact) mass is 317 g/mol. The molecule has 22 heavy (non-hydrogen) atoms. The van der Waals surface area contributed by atoms with Crippen LogP contribution in [0.4, 0.5) is 0 Å². The molecular formula is C16H19N3O2S. The van der Waals surface area contributed by atoms with E-state index in [1.54, 1.807) is 18.2 Å². The third-order valence-electron chi connectivity index (χ3n) is 3.15. The van der Waals surface area contributed by atoms with E-state index in [2.05, 4.69) is 10.6 Å². The molecule has 6 heteroatoms. The van der Waals surface area contributed by atoms with Gasteiger partial charge in [-0.15, -0.1) is 11.3 Å². The quantitative estimate of drug-likeness (QED) is 0.759. The Balaban J connectivity index is 1.89. The second-order valence-electron chi connectivity index (χ2n) is 4.97. The third kappa shape index (κ3) is 4.41. The van der Waals surface area contributed by atoms with Gasteiger partial charge in [0.15, 0.2) is 0 Å². The molecule has 1 heterocycles. The molecule has 0 saturated heterocycles. The first-order valence-corrected chi connectivity index (χ1v) is 7.89. The minimum atomic E-state index is -0.146. The normalized spacial score (nSPS) is 11.7. The average Bonchev–Trinajstić information content (AvgIpc) is 3.07. The zero-order valence-electron chi connectivity index (χ0n) is 12.3. The van der Waals surface area contributed by atoms with E-state index in [1.165, 1.54) is 11.3 Å². The summed E-state index contributed by atoms with van der Waals surface area (Å²) in [5, 5.41) is 7.51. The highest BCUT2D eigenvalue weighted by atomic mass is 32.1. The Morgan fingerprint density at radius 1 is 1.18 bits per heavy atom. The van der Waals surface area contributed by atoms with Crippen LogP contribution in [0.2, 0.25) is 0 Å². The largest absolute Gasteiger partial charge is 0.348 e. The maximum absolute atomic E-state index is 11.9. The van der Waals surface area contributed by atoms with E-state index in [0.717, 1.165) is 5.56 Å². The van der Waals surface area contributed by atoms with Crippen LogP contribution >= 0.6 is 11.3 Å². The number of nitrogens with one attached hydrogen (secondary N) is 2. The van der Waals surface area contributed by atoms with Crippen LogP contribution in [0.3, 0.4) is 0 Å². The second-order valence-corrected chi connectivity index (χ2v) is 5.91. The molecule has 0 spiro atoms. The number of thiophene rings is 1. The van der Waals surface area contributed by atoms with Gasteiger partial charge in [0.2, 0.25) is 0 Å². The van der Waals surface area contributed by atoms with Crippen molar-refractivity contribution in [3.63, 3.8) is 0 Å². The Morgan fingerprint density at radius 3 is 2.50 bits per heavy atom. The Bertz CT molecular complexity index is 623. The number of hydrogen-bond acceptors (Lipinski definition) is 4. The van der Waals surface area contributed by atoms with Gasteiger partial charge in [-0.1, -0.05) is 18.2 Å². The van der Waals surface area contributed by atoms with Gasteiger partial charge >= 0.3 is 0 Å². The molecule has 1 atom stereocenters. The van der Waals surface area contributed by atoms with Crippen LogP contribution in [0.15, 0.2) is 41.8 Å². The first-order valence-electron chi connectivity index (χ1n) is 7.01. The van der Waals surface area contributed by atoms with Crippen molar-refractivity contribution in [3.05, 3.63) is 57.8 Å². The first kappa shape index (κ1) is 16.2. The maximum Gasteiger partial charge on any atom is 0.261 e. The predicted molar refractivity (Wildman–Crippen MR) is 87.9 cm³/mol. The lowest BCUT2D eigenvalue weighted by atomic mass is 10.1. The number of carbonyl (C=O) groups is 2. The average molecular weight is 317 g/mol. The highest BCUT2D eigenvalue weighted by Gasteiger charge is 2.09. The van der Waals surface area contributed by atoms with Gasteiger partial charge in [-0.3, -0.25) is 9.59 Å². The van der Waals surface area contributed by atoms with Crippen LogP contribution < -0.4 is 16.4 Å². The summed E-state index contributed by atoms with van der Waals surface area (Å²) < 4.78 is 0. The summed E-state index contributed by atoms with van der Waals surface area (Å²) in [4.78, 5) is 24.4. The number of nitrogens with two attached hydrogens (primary N) is 1. The van der Waals surface area contributed by atoms with Crippen molar-refractivity contribution in [3.8, 4) is 0 Å². The molecule has 1 aromatic heterocycles. The van der Waals surface area contributed by atoms with E-state index in [0.29, 0.717) is 23.5 Å². The van der Waals surface area contributed by atoms with Gasteiger partial charge in [-0.25, -0.2) is 0 Å². The summed E-state index contributed by atoms with van der Waals surface area (Å²) in [6, 6.07) is 10.7. The minimum absolute atomic E-state index is 0.0581. The second kappa shape index (κ2) is 7.72. The van der Waals surface area contributed by atoms with E-state index in [4.69, 9.17) is 5.73 Å². The number of rotatable bonds is 6. The molecule has 116 valence electrons. The van der Waals surface area contributed by atoms with Crippen molar-refractivity contribution in [2.24, 2.45) is 5.73 Å². The smallest absolute Gasteiger partial charge is 0.261 e. The van der Waals surface area contributed by atoms with E-state index < -0.39 is 0 Å². The molecule has 1 aromatic carbocycles. The molecule has 0 unspecified atom stereocenters. The van der Waals surface area contributed by atoms with Crippen molar-refractivity contribution < 1.29 is 9.59 Å². The number of hydrogen-bond donors (Lipinski definition) is 3. The third-order valence-corrected chi connectivity index (χ3v) is 4.01. The first-order chi connectivity index (χ1) is 10.6. The van der Waals surface area contributed by atoms with Gasteiger partial charge in [-0.05, 0) is 36.1 Å². The minimum Gasteiger partial charge on any atom is -0.348 e. The van der Waals surface area contributed by atoms with Crippen molar-refractivity contribution in [2.75, 3.05) is 6.54 Å². The molecule has 0 aliphatic rings. The van der Waals surface area contributed by atoms with E-state index in [1.807, 2.05) is 30.5 Å². The van der Waals surface area contributed by atoms with Crippen molar-refractivity contribution in [2.45, 2.75) is 19.5 Å². The highest BCUT2D eigenvalue weighted by molar-refractivity contribution is 7.12. The molecule has 0 radical (unpaired) electrons. The molecule has 0 fully saturated rings. The van der Waals surface area contributed by atoms with Crippen LogP contribution in [0.5, 0.6) is 0 Å². The lowest BCUT2D eigenvalue weighted by molar-refractivity contribution is 0.0936. The summed E-state index contributed by atoms with van der Waals surface area (Å²) in [6.07, 6.45) is 0. The molecule has 2 aromatic rings. The lowest BCUT2D eigenvalue weighted by Crippen LogP contribution is -2.37. The fourth-order valence-electron chi connectivity index (χ4n) is 1.82. The molecule has 4 N–H and O–H groups in total.